The fourth-order valence-electron chi connectivity index (χ4n) is 0.986. The third kappa shape index (κ3) is 3.16. The van der Waals surface area contributed by atoms with Crippen LogP contribution < -0.4 is 5.73 Å². The number of ketones is 1. The van der Waals surface area contributed by atoms with Gasteiger partial charge in [-0.2, -0.15) is 0 Å². The molecule has 6 nitrogen and oxygen atoms in total. The molecule has 1 heterocycles. The Bertz CT molecular complexity index is 404. The van der Waals surface area contributed by atoms with Crippen molar-refractivity contribution < 1.29 is 14.3 Å². The molecule has 1 aromatic heterocycles. The summed E-state index contributed by atoms with van der Waals surface area (Å²) in [5.41, 5.74) is 4.75. The van der Waals surface area contributed by atoms with Crippen molar-refractivity contribution in [2.24, 2.45) is 5.73 Å². The van der Waals surface area contributed by atoms with Gasteiger partial charge < -0.3 is 10.5 Å². The minimum Gasteiger partial charge on any atom is -0.443 e. The first kappa shape index (κ1) is 12.4. The molecule has 0 unspecified atom stereocenters. The lowest BCUT2D eigenvalue weighted by atomic mass is 10.2. The van der Waals surface area contributed by atoms with E-state index < -0.39 is 11.7 Å². The number of nitrogens with two attached hydrogens (primary N) is 1. The monoisotopic (exact) mass is 225 g/mol. The Morgan fingerprint density at radius 2 is 2.12 bits per heavy atom. The van der Waals surface area contributed by atoms with E-state index in [4.69, 9.17) is 10.5 Å². The smallest absolute Gasteiger partial charge is 0.419 e. The Morgan fingerprint density at radius 3 is 2.62 bits per heavy atom. The van der Waals surface area contributed by atoms with Crippen LogP contribution in [0.2, 0.25) is 0 Å². The average molecular weight is 225 g/mol. The lowest BCUT2D eigenvalue weighted by Gasteiger charge is -2.18. The van der Waals surface area contributed by atoms with Crippen LogP contribution in [-0.2, 0) is 4.74 Å². The van der Waals surface area contributed by atoms with E-state index in [1.54, 1.807) is 20.8 Å². The summed E-state index contributed by atoms with van der Waals surface area (Å²) in [5, 5.41) is 0. The van der Waals surface area contributed by atoms with Crippen molar-refractivity contribution in [2.75, 3.05) is 6.54 Å². The van der Waals surface area contributed by atoms with Crippen LogP contribution in [0.3, 0.4) is 0 Å². The van der Waals surface area contributed by atoms with Crippen molar-refractivity contribution in [3.63, 3.8) is 0 Å². The molecule has 0 aliphatic heterocycles. The molecular weight excluding hydrogens is 210 g/mol. The second-order valence-electron chi connectivity index (χ2n) is 4.27. The number of carbonyl (C=O) groups is 2. The molecule has 88 valence electrons. The summed E-state index contributed by atoms with van der Waals surface area (Å²) in [4.78, 5) is 26.5. The molecule has 1 rings (SSSR count). The van der Waals surface area contributed by atoms with Crippen molar-refractivity contribution in [3.8, 4) is 0 Å². The third-order valence-electron chi connectivity index (χ3n) is 1.66. The molecule has 0 amide bonds. The van der Waals surface area contributed by atoms with Crippen LogP contribution in [0.5, 0.6) is 0 Å². The number of ether oxygens (including phenoxy) is 1. The number of nitrogens with zero attached hydrogens (tertiary/aromatic N) is 2. The molecule has 6 heteroatoms. The molecule has 2 N–H and O–H groups in total. The van der Waals surface area contributed by atoms with Crippen molar-refractivity contribution in [2.45, 2.75) is 26.4 Å². The second kappa shape index (κ2) is 4.44. The SMILES string of the molecule is CC(C)(C)OC(=O)n1cnc(C(=O)CN)c1. The summed E-state index contributed by atoms with van der Waals surface area (Å²) < 4.78 is 6.21. The van der Waals surface area contributed by atoms with Crippen LogP contribution in [0, 0.1) is 0 Å². The highest BCUT2D eigenvalue weighted by Crippen LogP contribution is 2.09. The minimum atomic E-state index is -0.584. The van der Waals surface area contributed by atoms with E-state index in [1.807, 2.05) is 0 Å². The van der Waals surface area contributed by atoms with Crippen molar-refractivity contribution in [1.82, 2.24) is 9.55 Å². The van der Waals surface area contributed by atoms with Gasteiger partial charge in [0.25, 0.3) is 0 Å². The van der Waals surface area contributed by atoms with Crippen LogP contribution in [0.25, 0.3) is 0 Å². The Balaban J connectivity index is 2.78. The summed E-state index contributed by atoms with van der Waals surface area (Å²) >= 11 is 0. The maximum Gasteiger partial charge on any atom is 0.419 e. The van der Waals surface area contributed by atoms with Crippen molar-refractivity contribution in [3.05, 3.63) is 18.2 Å². The Morgan fingerprint density at radius 1 is 1.50 bits per heavy atom. The van der Waals surface area contributed by atoms with Gasteiger partial charge in [0.05, 0.1) is 6.54 Å². The third-order valence-corrected chi connectivity index (χ3v) is 1.66. The van der Waals surface area contributed by atoms with E-state index in [9.17, 15) is 9.59 Å². The molecule has 0 fully saturated rings. The zero-order chi connectivity index (χ0) is 12.3. The van der Waals surface area contributed by atoms with Crippen molar-refractivity contribution >= 4 is 11.9 Å². The van der Waals surface area contributed by atoms with E-state index >= 15 is 0 Å². The van der Waals surface area contributed by atoms with Crippen LogP contribution in [0.1, 0.15) is 31.3 Å². The molecule has 0 aliphatic rings. The molecule has 0 atom stereocenters. The predicted octanol–water partition coefficient (Wildman–Crippen LogP) is 0.808. The number of hydrogen-bond donors (Lipinski definition) is 1. The molecule has 0 radical (unpaired) electrons. The summed E-state index contributed by atoms with van der Waals surface area (Å²) in [5.74, 6) is -0.317. The number of hydrogen-bond acceptors (Lipinski definition) is 5. The molecule has 0 aromatic carbocycles. The Hall–Kier alpha value is -1.69. The molecule has 1 aromatic rings. The van der Waals surface area contributed by atoms with E-state index in [2.05, 4.69) is 4.98 Å². The van der Waals surface area contributed by atoms with E-state index in [1.165, 1.54) is 12.5 Å². The lowest BCUT2D eigenvalue weighted by Crippen LogP contribution is -2.26. The van der Waals surface area contributed by atoms with Gasteiger partial charge in [-0.25, -0.2) is 14.3 Å². The molecule has 0 aliphatic carbocycles. The maximum atomic E-state index is 11.5. The Kier molecular flexibility index (Phi) is 3.44. The number of carbonyl (C=O) groups excluding carboxylic acids is 2. The zero-order valence-corrected chi connectivity index (χ0v) is 9.56. The van der Waals surface area contributed by atoms with Crippen LogP contribution in [0.4, 0.5) is 4.79 Å². The van der Waals surface area contributed by atoms with Gasteiger partial charge in [0, 0.05) is 6.20 Å². The summed E-state index contributed by atoms with van der Waals surface area (Å²) in [6, 6.07) is 0. The van der Waals surface area contributed by atoms with Gasteiger partial charge in [-0.05, 0) is 20.8 Å². The van der Waals surface area contributed by atoms with E-state index in [0.29, 0.717) is 0 Å². The molecule has 0 spiro atoms. The topological polar surface area (TPSA) is 87.2 Å². The van der Waals surface area contributed by atoms with Crippen molar-refractivity contribution in [1.29, 1.82) is 0 Å². The quantitative estimate of drug-likeness (QED) is 0.752. The number of aromatic nitrogens is 2. The molecule has 0 saturated heterocycles. The minimum absolute atomic E-state index is 0.134. The highest BCUT2D eigenvalue weighted by molar-refractivity contribution is 5.96. The molecule has 0 saturated carbocycles. The number of Topliss-reactive ketones (excluding diaryl/α,β-unsaturated/α-hetero) is 1. The first-order chi connectivity index (χ1) is 7.33. The fourth-order valence-corrected chi connectivity index (χ4v) is 0.986. The van der Waals surface area contributed by atoms with Crippen LogP contribution in [0.15, 0.2) is 12.5 Å². The van der Waals surface area contributed by atoms with E-state index in [0.717, 1.165) is 4.57 Å². The van der Waals surface area contributed by atoms with Gasteiger partial charge >= 0.3 is 6.09 Å². The highest BCUT2D eigenvalue weighted by Gasteiger charge is 2.18. The van der Waals surface area contributed by atoms with Gasteiger partial charge in [-0.15, -0.1) is 0 Å². The molecular formula is C10H15N3O3. The normalized spacial score (nSPS) is 11.2. The first-order valence-corrected chi connectivity index (χ1v) is 4.84. The van der Waals surface area contributed by atoms with Gasteiger partial charge in [0.2, 0.25) is 0 Å². The van der Waals surface area contributed by atoms with Gasteiger partial charge in [-0.3, -0.25) is 4.79 Å². The maximum absolute atomic E-state index is 11.5. The number of rotatable bonds is 2. The predicted molar refractivity (Wildman–Crippen MR) is 57.2 cm³/mol. The lowest BCUT2D eigenvalue weighted by molar-refractivity contribution is 0.0536. The van der Waals surface area contributed by atoms with Gasteiger partial charge in [0.1, 0.15) is 17.6 Å². The standard InChI is InChI=1S/C10H15N3O3/c1-10(2,3)16-9(15)13-5-7(12-6-13)8(14)4-11/h5-6H,4,11H2,1-3H3. The fraction of sp³-hybridized carbons (Fsp3) is 0.500. The number of imidazole rings is 1. The Labute approximate surface area is 93.4 Å². The summed E-state index contributed by atoms with van der Waals surface area (Å²) in [6.45, 7) is 5.14. The first-order valence-electron chi connectivity index (χ1n) is 4.84. The second-order valence-corrected chi connectivity index (χ2v) is 4.27. The van der Waals surface area contributed by atoms with Crippen LogP contribution >= 0.6 is 0 Å². The molecule has 0 bridgehead atoms. The van der Waals surface area contributed by atoms with Crippen LogP contribution in [-0.4, -0.2) is 33.6 Å². The highest BCUT2D eigenvalue weighted by atomic mass is 16.6. The molecule has 16 heavy (non-hydrogen) atoms. The average Bonchev–Trinajstić information content (AvgIpc) is 2.62. The summed E-state index contributed by atoms with van der Waals surface area (Å²) in [7, 11) is 0. The van der Waals surface area contributed by atoms with E-state index in [-0.39, 0.29) is 18.0 Å². The van der Waals surface area contributed by atoms with Gasteiger partial charge in [-0.1, -0.05) is 0 Å². The summed E-state index contributed by atoms with van der Waals surface area (Å²) in [6.07, 6.45) is 1.97. The zero-order valence-electron chi connectivity index (χ0n) is 9.56. The van der Waals surface area contributed by atoms with Gasteiger partial charge in [0.15, 0.2) is 5.78 Å². The largest absolute Gasteiger partial charge is 0.443 e.